The van der Waals surface area contributed by atoms with Crippen LogP contribution in [-0.4, -0.2) is 24.4 Å². The fraction of sp³-hybridized carbons (Fsp3) is 0.316. The lowest BCUT2D eigenvalue weighted by Gasteiger charge is -2.18. The van der Waals surface area contributed by atoms with Crippen LogP contribution in [0.2, 0.25) is 0 Å². The monoisotopic (exact) mass is 296 g/mol. The number of benzene rings is 2. The van der Waals surface area contributed by atoms with Gasteiger partial charge >= 0.3 is 0 Å². The maximum absolute atomic E-state index is 12.2. The minimum Gasteiger partial charge on any atom is -0.384 e. The van der Waals surface area contributed by atoms with E-state index in [1.807, 2.05) is 43.4 Å². The molecule has 0 radical (unpaired) electrons. The molecule has 2 aromatic carbocycles. The summed E-state index contributed by atoms with van der Waals surface area (Å²) in [5.41, 5.74) is 4.77. The predicted molar refractivity (Wildman–Crippen MR) is 91.9 cm³/mol. The normalized spacial score (nSPS) is 10.3. The third-order valence-corrected chi connectivity index (χ3v) is 3.95. The Labute approximate surface area is 133 Å². The molecule has 1 N–H and O–H groups in total. The van der Waals surface area contributed by atoms with Gasteiger partial charge in [-0.05, 0) is 36.6 Å². The van der Waals surface area contributed by atoms with Crippen molar-refractivity contribution in [3.05, 3.63) is 65.2 Å². The molecule has 0 aliphatic heterocycles. The van der Waals surface area contributed by atoms with Crippen LogP contribution < -0.4 is 5.32 Å². The quantitative estimate of drug-likeness (QED) is 0.880. The highest BCUT2D eigenvalue weighted by Crippen LogP contribution is 2.17. The Morgan fingerprint density at radius 1 is 1.05 bits per heavy atom. The average molecular weight is 296 g/mol. The highest BCUT2D eigenvalue weighted by Gasteiger charge is 2.09. The molecule has 0 aromatic heterocycles. The Morgan fingerprint density at radius 2 is 1.77 bits per heavy atom. The number of amides is 1. The van der Waals surface area contributed by atoms with E-state index in [0.717, 1.165) is 11.3 Å². The Kier molecular flexibility index (Phi) is 5.59. The van der Waals surface area contributed by atoms with Gasteiger partial charge in [0.05, 0.1) is 0 Å². The fourth-order valence-electron chi connectivity index (χ4n) is 2.38. The summed E-state index contributed by atoms with van der Waals surface area (Å²) in [6, 6.07) is 16.2. The van der Waals surface area contributed by atoms with Crippen molar-refractivity contribution in [2.45, 2.75) is 26.8 Å². The van der Waals surface area contributed by atoms with Crippen LogP contribution in [0.3, 0.4) is 0 Å². The lowest BCUT2D eigenvalue weighted by Crippen LogP contribution is -2.27. The van der Waals surface area contributed by atoms with E-state index in [1.54, 1.807) is 4.90 Å². The molecule has 3 heteroatoms. The zero-order valence-corrected chi connectivity index (χ0v) is 13.6. The second kappa shape index (κ2) is 7.64. The van der Waals surface area contributed by atoms with Crippen LogP contribution in [0.5, 0.6) is 0 Å². The van der Waals surface area contributed by atoms with Crippen molar-refractivity contribution in [1.29, 1.82) is 0 Å². The van der Waals surface area contributed by atoms with Gasteiger partial charge in [-0.2, -0.15) is 0 Å². The van der Waals surface area contributed by atoms with E-state index in [4.69, 9.17) is 0 Å². The van der Waals surface area contributed by atoms with Crippen molar-refractivity contribution in [3.8, 4) is 0 Å². The minimum absolute atomic E-state index is 0.154. The summed E-state index contributed by atoms with van der Waals surface area (Å²) >= 11 is 0. The third kappa shape index (κ3) is 4.35. The SMILES string of the molecule is Cc1cccc(NCCC(=O)N(C)Cc2ccccc2)c1C. The number of carbonyl (C=O) groups is 1. The maximum Gasteiger partial charge on any atom is 0.224 e. The number of nitrogens with one attached hydrogen (secondary N) is 1. The highest BCUT2D eigenvalue weighted by atomic mass is 16.2. The third-order valence-electron chi connectivity index (χ3n) is 3.95. The fourth-order valence-corrected chi connectivity index (χ4v) is 2.38. The molecule has 116 valence electrons. The van der Waals surface area contributed by atoms with Crippen LogP contribution in [-0.2, 0) is 11.3 Å². The topological polar surface area (TPSA) is 32.3 Å². The number of hydrogen-bond donors (Lipinski definition) is 1. The van der Waals surface area contributed by atoms with Gasteiger partial charge in [0.15, 0.2) is 0 Å². The summed E-state index contributed by atoms with van der Waals surface area (Å²) in [4.78, 5) is 14.0. The van der Waals surface area contributed by atoms with Gasteiger partial charge in [-0.1, -0.05) is 42.5 Å². The molecular formula is C19H24N2O. The van der Waals surface area contributed by atoms with Gasteiger partial charge in [0.2, 0.25) is 5.91 Å². The van der Waals surface area contributed by atoms with E-state index in [0.29, 0.717) is 19.5 Å². The van der Waals surface area contributed by atoms with Gasteiger partial charge in [0.1, 0.15) is 0 Å². The van der Waals surface area contributed by atoms with E-state index in [-0.39, 0.29) is 5.91 Å². The first-order valence-corrected chi connectivity index (χ1v) is 7.66. The first kappa shape index (κ1) is 16.1. The lowest BCUT2D eigenvalue weighted by atomic mass is 10.1. The summed E-state index contributed by atoms with van der Waals surface area (Å²) in [5.74, 6) is 0.154. The maximum atomic E-state index is 12.2. The molecule has 0 atom stereocenters. The van der Waals surface area contributed by atoms with Gasteiger partial charge < -0.3 is 10.2 Å². The van der Waals surface area contributed by atoms with E-state index in [2.05, 4.69) is 31.3 Å². The summed E-state index contributed by atoms with van der Waals surface area (Å²) in [6.07, 6.45) is 0.497. The largest absolute Gasteiger partial charge is 0.384 e. The Bertz CT molecular complexity index is 623. The molecular weight excluding hydrogens is 272 g/mol. The second-order valence-electron chi connectivity index (χ2n) is 5.66. The van der Waals surface area contributed by atoms with E-state index < -0.39 is 0 Å². The van der Waals surface area contributed by atoms with E-state index in [9.17, 15) is 4.79 Å². The summed E-state index contributed by atoms with van der Waals surface area (Å²) in [6.45, 7) is 5.51. The molecule has 0 saturated carbocycles. The summed E-state index contributed by atoms with van der Waals surface area (Å²) in [5, 5.41) is 3.36. The molecule has 0 bridgehead atoms. The molecule has 2 aromatic rings. The first-order valence-electron chi connectivity index (χ1n) is 7.66. The molecule has 0 heterocycles. The average Bonchev–Trinajstić information content (AvgIpc) is 2.52. The van der Waals surface area contributed by atoms with E-state index in [1.165, 1.54) is 11.1 Å². The number of hydrogen-bond acceptors (Lipinski definition) is 2. The van der Waals surface area contributed by atoms with Crippen LogP contribution >= 0.6 is 0 Å². The van der Waals surface area contributed by atoms with Gasteiger partial charge in [0, 0.05) is 32.2 Å². The van der Waals surface area contributed by atoms with Crippen LogP contribution in [0.15, 0.2) is 48.5 Å². The highest BCUT2D eigenvalue weighted by molar-refractivity contribution is 5.76. The van der Waals surface area contributed by atoms with Crippen molar-refractivity contribution in [3.63, 3.8) is 0 Å². The van der Waals surface area contributed by atoms with Crippen LogP contribution in [0.4, 0.5) is 5.69 Å². The lowest BCUT2D eigenvalue weighted by molar-refractivity contribution is -0.130. The predicted octanol–water partition coefficient (Wildman–Crippen LogP) is 3.76. The van der Waals surface area contributed by atoms with Gasteiger partial charge in [-0.25, -0.2) is 0 Å². The molecule has 0 aliphatic rings. The molecule has 0 unspecified atom stereocenters. The van der Waals surface area contributed by atoms with Gasteiger partial charge in [0.25, 0.3) is 0 Å². The Hall–Kier alpha value is -2.29. The summed E-state index contributed by atoms with van der Waals surface area (Å²) in [7, 11) is 1.85. The van der Waals surface area contributed by atoms with Crippen molar-refractivity contribution >= 4 is 11.6 Å². The second-order valence-corrected chi connectivity index (χ2v) is 5.66. The van der Waals surface area contributed by atoms with Crippen molar-refractivity contribution < 1.29 is 4.79 Å². The number of rotatable bonds is 6. The smallest absolute Gasteiger partial charge is 0.224 e. The Morgan fingerprint density at radius 3 is 2.50 bits per heavy atom. The number of anilines is 1. The van der Waals surface area contributed by atoms with Gasteiger partial charge in [-0.3, -0.25) is 4.79 Å². The van der Waals surface area contributed by atoms with Crippen LogP contribution in [0.1, 0.15) is 23.1 Å². The van der Waals surface area contributed by atoms with Crippen molar-refractivity contribution in [1.82, 2.24) is 4.90 Å². The molecule has 3 nitrogen and oxygen atoms in total. The summed E-state index contributed by atoms with van der Waals surface area (Å²) < 4.78 is 0. The molecule has 2 rings (SSSR count). The molecule has 0 aliphatic carbocycles. The standard InChI is InChI=1S/C19H24N2O/c1-15-8-7-11-18(16(15)2)20-13-12-19(22)21(3)14-17-9-5-4-6-10-17/h4-11,20H,12-14H2,1-3H3. The molecule has 1 amide bonds. The minimum atomic E-state index is 0.154. The van der Waals surface area contributed by atoms with Crippen LogP contribution in [0, 0.1) is 13.8 Å². The zero-order chi connectivity index (χ0) is 15.9. The van der Waals surface area contributed by atoms with Crippen molar-refractivity contribution in [2.24, 2.45) is 0 Å². The van der Waals surface area contributed by atoms with E-state index >= 15 is 0 Å². The van der Waals surface area contributed by atoms with Crippen LogP contribution in [0.25, 0.3) is 0 Å². The molecule has 0 spiro atoms. The number of carbonyl (C=O) groups excluding carboxylic acids is 1. The molecule has 22 heavy (non-hydrogen) atoms. The molecule has 0 fully saturated rings. The molecule has 0 saturated heterocycles. The number of aryl methyl sites for hydroxylation is 1. The van der Waals surface area contributed by atoms with Gasteiger partial charge in [-0.15, -0.1) is 0 Å². The number of nitrogens with zero attached hydrogens (tertiary/aromatic N) is 1. The zero-order valence-electron chi connectivity index (χ0n) is 13.6. The van der Waals surface area contributed by atoms with Crippen molar-refractivity contribution in [2.75, 3.05) is 18.9 Å². The first-order chi connectivity index (χ1) is 10.6. The Balaban J connectivity index is 1.81.